The van der Waals surface area contributed by atoms with E-state index in [0.717, 1.165) is 11.8 Å². The molecule has 1 fully saturated rings. The van der Waals surface area contributed by atoms with Gasteiger partial charge in [0.25, 0.3) is 0 Å². The van der Waals surface area contributed by atoms with Crippen molar-refractivity contribution in [2.45, 2.75) is 26.2 Å². The smallest absolute Gasteiger partial charge is 0.0961 e. The number of hydrogen-bond acceptors (Lipinski definition) is 2. The van der Waals surface area contributed by atoms with Crippen molar-refractivity contribution in [3.63, 3.8) is 0 Å². The first-order chi connectivity index (χ1) is 4.77. The zero-order valence-corrected chi connectivity index (χ0v) is 7.11. The van der Waals surface area contributed by atoms with E-state index >= 15 is 0 Å². The highest BCUT2D eigenvalue weighted by Gasteiger charge is 2.36. The molecule has 2 rings (SSSR count). The SMILES string of the molecule is Cc1cnc(C2CC2C)s1. The third-order valence-electron chi connectivity index (χ3n) is 2.07. The maximum absolute atomic E-state index is 4.35. The molecule has 2 heteroatoms. The van der Waals surface area contributed by atoms with Crippen molar-refractivity contribution in [3.8, 4) is 0 Å². The van der Waals surface area contributed by atoms with Crippen LogP contribution in [-0.4, -0.2) is 4.98 Å². The van der Waals surface area contributed by atoms with Crippen LogP contribution in [0, 0.1) is 12.8 Å². The second kappa shape index (κ2) is 2.06. The Hall–Kier alpha value is -0.370. The molecule has 0 saturated heterocycles. The van der Waals surface area contributed by atoms with Gasteiger partial charge in [0, 0.05) is 17.0 Å². The van der Waals surface area contributed by atoms with Gasteiger partial charge in [-0.3, -0.25) is 0 Å². The third kappa shape index (κ3) is 0.966. The fourth-order valence-corrected chi connectivity index (χ4v) is 2.23. The van der Waals surface area contributed by atoms with Crippen LogP contribution in [0.1, 0.15) is 29.1 Å². The molecule has 0 spiro atoms. The van der Waals surface area contributed by atoms with Crippen molar-refractivity contribution in [1.82, 2.24) is 4.98 Å². The Kier molecular flexibility index (Phi) is 1.31. The molecule has 0 amide bonds. The van der Waals surface area contributed by atoms with E-state index in [1.807, 2.05) is 17.5 Å². The minimum atomic E-state index is 0.804. The molecule has 0 radical (unpaired) electrons. The van der Waals surface area contributed by atoms with Crippen LogP contribution in [0.3, 0.4) is 0 Å². The van der Waals surface area contributed by atoms with E-state index in [1.54, 1.807) is 0 Å². The van der Waals surface area contributed by atoms with Crippen LogP contribution < -0.4 is 0 Å². The van der Waals surface area contributed by atoms with Crippen molar-refractivity contribution < 1.29 is 0 Å². The summed E-state index contributed by atoms with van der Waals surface area (Å²) in [6.07, 6.45) is 3.33. The van der Waals surface area contributed by atoms with Crippen LogP contribution in [0.15, 0.2) is 6.20 Å². The highest BCUT2D eigenvalue weighted by Crippen LogP contribution is 2.47. The number of thiazole rings is 1. The van der Waals surface area contributed by atoms with Gasteiger partial charge >= 0.3 is 0 Å². The minimum Gasteiger partial charge on any atom is -0.249 e. The van der Waals surface area contributed by atoms with Crippen molar-refractivity contribution >= 4 is 11.3 Å². The van der Waals surface area contributed by atoms with Gasteiger partial charge in [0.2, 0.25) is 0 Å². The number of aryl methyl sites for hydroxylation is 1. The first kappa shape index (κ1) is 6.35. The molecule has 1 aromatic rings. The first-order valence-electron chi connectivity index (χ1n) is 3.69. The lowest BCUT2D eigenvalue weighted by molar-refractivity contribution is 0.905. The van der Waals surface area contributed by atoms with E-state index < -0.39 is 0 Å². The summed E-state index contributed by atoms with van der Waals surface area (Å²) >= 11 is 1.85. The second-order valence-corrected chi connectivity index (χ2v) is 4.39. The lowest BCUT2D eigenvalue weighted by Crippen LogP contribution is -1.75. The van der Waals surface area contributed by atoms with Gasteiger partial charge in [0.05, 0.1) is 5.01 Å². The fourth-order valence-electron chi connectivity index (χ4n) is 1.21. The first-order valence-corrected chi connectivity index (χ1v) is 4.51. The number of aromatic nitrogens is 1. The van der Waals surface area contributed by atoms with Gasteiger partial charge in [-0.2, -0.15) is 0 Å². The number of nitrogens with zero attached hydrogens (tertiary/aromatic N) is 1. The van der Waals surface area contributed by atoms with Gasteiger partial charge in [-0.1, -0.05) is 6.92 Å². The van der Waals surface area contributed by atoms with Crippen LogP contribution in [0.4, 0.5) is 0 Å². The predicted molar refractivity (Wildman–Crippen MR) is 43.4 cm³/mol. The summed E-state index contributed by atoms with van der Waals surface area (Å²) in [5.74, 6) is 1.70. The summed E-state index contributed by atoms with van der Waals surface area (Å²) in [4.78, 5) is 5.69. The fraction of sp³-hybridized carbons (Fsp3) is 0.625. The highest BCUT2D eigenvalue weighted by molar-refractivity contribution is 7.11. The largest absolute Gasteiger partial charge is 0.249 e. The molecule has 1 saturated carbocycles. The Morgan fingerprint density at radius 1 is 1.70 bits per heavy atom. The van der Waals surface area contributed by atoms with Crippen molar-refractivity contribution in [3.05, 3.63) is 16.1 Å². The Balaban J connectivity index is 2.20. The minimum absolute atomic E-state index is 0.804. The van der Waals surface area contributed by atoms with Crippen LogP contribution >= 0.6 is 11.3 Å². The molecule has 1 aromatic heterocycles. The van der Waals surface area contributed by atoms with Gasteiger partial charge in [0.1, 0.15) is 0 Å². The molecule has 2 unspecified atom stereocenters. The number of hydrogen-bond donors (Lipinski definition) is 0. The number of rotatable bonds is 1. The molecule has 1 nitrogen and oxygen atoms in total. The monoisotopic (exact) mass is 153 g/mol. The van der Waals surface area contributed by atoms with Gasteiger partial charge in [-0.15, -0.1) is 11.3 Å². The Bertz CT molecular complexity index is 241. The summed E-state index contributed by atoms with van der Waals surface area (Å²) in [6, 6.07) is 0. The zero-order valence-electron chi connectivity index (χ0n) is 6.29. The summed E-state index contributed by atoms with van der Waals surface area (Å²) < 4.78 is 0. The molecular formula is C8H11NS. The Labute approximate surface area is 65.1 Å². The molecule has 0 bridgehead atoms. The topological polar surface area (TPSA) is 12.9 Å². The lowest BCUT2D eigenvalue weighted by Gasteiger charge is -1.85. The van der Waals surface area contributed by atoms with Crippen LogP contribution in [0.5, 0.6) is 0 Å². The Morgan fingerprint density at radius 2 is 2.40 bits per heavy atom. The van der Waals surface area contributed by atoms with Crippen LogP contribution in [0.25, 0.3) is 0 Å². The summed E-state index contributed by atoms with van der Waals surface area (Å²) in [6.45, 7) is 4.41. The van der Waals surface area contributed by atoms with E-state index in [4.69, 9.17) is 0 Å². The molecule has 54 valence electrons. The van der Waals surface area contributed by atoms with Crippen LogP contribution in [0.2, 0.25) is 0 Å². The quantitative estimate of drug-likeness (QED) is 0.604. The third-order valence-corrected chi connectivity index (χ3v) is 3.11. The lowest BCUT2D eigenvalue weighted by atomic mass is 10.4. The molecule has 1 aliphatic rings. The van der Waals surface area contributed by atoms with Crippen LogP contribution in [-0.2, 0) is 0 Å². The van der Waals surface area contributed by atoms with E-state index in [1.165, 1.54) is 16.3 Å². The van der Waals surface area contributed by atoms with Crippen molar-refractivity contribution in [2.75, 3.05) is 0 Å². The molecule has 10 heavy (non-hydrogen) atoms. The summed E-state index contributed by atoms with van der Waals surface area (Å²) in [5.41, 5.74) is 0. The normalized spacial score (nSPS) is 30.6. The molecule has 1 aliphatic carbocycles. The average Bonchev–Trinajstić information content (AvgIpc) is 2.42. The standard InChI is InChI=1S/C8H11NS/c1-5-3-7(5)8-9-4-6(2)10-8/h4-5,7H,3H2,1-2H3. The maximum Gasteiger partial charge on any atom is 0.0961 e. The second-order valence-electron chi connectivity index (χ2n) is 3.13. The summed E-state index contributed by atoms with van der Waals surface area (Å²) in [7, 11) is 0. The van der Waals surface area contributed by atoms with Gasteiger partial charge in [-0.05, 0) is 19.3 Å². The zero-order chi connectivity index (χ0) is 7.14. The molecule has 1 heterocycles. The van der Waals surface area contributed by atoms with E-state index in [2.05, 4.69) is 18.8 Å². The Morgan fingerprint density at radius 3 is 2.80 bits per heavy atom. The maximum atomic E-state index is 4.35. The van der Waals surface area contributed by atoms with E-state index in [-0.39, 0.29) is 0 Å². The van der Waals surface area contributed by atoms with Gasteiger partial charge in [-0.25, -0.2) is 4.98 Å². The van der Waals surface area contributed by atoms with Gasteiger partial charge in [0.15, 0.2) is 0 Å². The molecule has 0 aliphatic heterocycles. The summed E-state index contributed by atoms with van der Waals surface area (Å²) in [5, 5.41) is 1.35. The molecule has 0 aromatic carbocycles. The van der Waals surface area contributed by atoms with E-state index in [9.17, 15) is 0 Å². The van der Waals surface area contributed by atoms with Crippen molar-refractivity contribution in [1.29, 1.82) is 0 Å². The van der Waals surface area contributed by atoms with E-state index in [0.29, 0.717) is 0 Å². The highest BCUT2D eigenvalue weighted by atomic mass is 32.1. The molecular weight excluding hydrogens is 142 g/mol. The molecule has 2 atom stereocenters. The molecule has 0 N–H and O–H groups in total. The van der Waals surface area contributed by atoms with Gasteiger partial charge < -0.3 is 0 Å². The average molecular weight is 153 g/mol. The van der Waals surface area contributed by atoms with Crippen molar-refractivity contribution in [2.24, 2.45) is 5.92 Å². The predicted octanol–water partition coefficient (Wildman–Crippen LogP) is 2.57.